The first-order valence-corrected chi connectivity index (χ1v) is 8.16. The largest absolute Gasteiger partial charge is 0.396 e. The zero-order chi connectivity index (χ0) is 15.2. The number of piperidine rings is 1. The van der Waals surface area contributed by atoms with Gasteiger partial charge < -0.3 is 20.6 Å². The van der Waals surface area contributed by atoms with Gasteiger partial charge in [-0.15, -0.1) is 0 Å². The van der Waals surface area contributed by atoms with Gasteiger partial charge in [-0.05, 0) is 45.6 Å². The van der Waals surface area contributed by atoms with Crippen LogP contribution in [0.15, 0.2) is 12.2 Å². The molecule has 0 saturated carbocycles. The van der Waals surface area contributed by atoms with Crippen LogP contribution in [0.5, 0.6) is 0 Å². The van der Waals surface area contributed by atoms with Gasteiger partial charge in [0.2, 0.25) is 0 Å². The van der Waals surface area contributed by atoms with Crippen LogP contribution < -0.4 is 10.6 Å². The Hall–Kier alpha value is -1.07. The van der Waals surface area contributed by atoms with Crippen molar-refractivity contribution >= 4 is 6.03 Å². The van der Waals surface area contributed by atoms with Crippen molar-refractivity contribution in [1.82, 2.24) is 15.5 Å². The third kappa shape index (κ3) is 5.00. The molecule has 2 amide bonds. The molecular weight excluding hydrogens is 266 g/mol. The van der Waals surface area contributed by atoms with Gasteiger partial charge in [0.05, 0.1) is 0 Å². The molecule has 21 heavy (non-hydrogen) atoms. The lowest BCUT2D eigenvalue weighted by atomic mass is 9.97. The van der Waals surface area contributed by atoms with E-state index in [4.69, 9.17) is 5.11 Å². The van der Waals surface area contributed by atoms with E-state index >= 15 is 0 Å². The number of aliphatic hydroxyl groups is 1. The predicted molar refractivity (Wildman–Crippen MR) is 84.1 cm³/mol. The summed E-state index contributed by atoms with van der Waals surface area (Å²) in [6.07, 6.45) is 7.16. The van der Waals surface area contributed by atoms with Crippen LogP contribution in [0.3, 0.4) is 0 Å². The number of likely N-dealkylation sites (tertiary alicyclic amines) is 1. The second-order valence-electron chi connectivity index (χ2n) is 6.62. The molecule has 1 heterocycles. The molecule has 0 aromatic rings. The highest BCUT2D eigenvalue weighted by atomic mass is 16.3. The second kappa shape index (κ2) is 7.80. The first-order chi connectivity index (χ1) is 10.1. The van der Waals surface area contributed by atoms with Gasteiger partial charge in [-0.1, -0.05) is 12.2 Å². The number of urea groups is 1. The molecule has 2 rings (SSSR count). The van der Waals surface area contributed by atoms with E-state index in [1.165, 1.54) is 19.4 Å². The van der Waals surface area contributed by atoms with Crippen LogP contribution in [0.1, 0.15) is 33.1 Å². The lowest BCUT2D eigenvalue weighted by molar-refractivity contribution is 0.139. The highest BCUT2D eigenvalue weighted by molar-refractivity contribution is 5.74. The minimum absolute atomic E-state index is 0.0562. The molecule has 120 valence electrons. The van der Waals surface area contributed by atoms with Crippen LogP contribution in [0.25, 0.3) is 0 Å². The lowest BCUT2D eigenvalue weighted by Crippen LogP contribution is -2.47. The Balaban J connectivity index is 1.66. The summed E-state index contributed by atoms with van der Waals surface area (Å²) in [6.45, 7) is 7.61. The van der Waals surface area contributed by atoms with Gasteiger partial charge >= 0.3 is 6.03 Å². The Morgan fingerprint density at radius 2 is 2.24 bits per heavy atom. The van der Waals surface area contributed by atoms with E-state index in [0.29, 0.717) is 12.0 Å². The van der Waals surface area contributed by atoms with Gasteiger partial charge in [0.15, 0.2) is 0 Å². The van der Waals surface area contributed by atoms with Crippen molar-refractivity contribution in [2.45, 2.75) is 45.2 Å². The summed E-state index contributed by atoms with van der Waals surface area (Å²) >= 11 is 0. The Morgan fingerprint density at radius 3 is 2.90 bits per heavy atom. The number of nitrogens with zero attached hydrogens (tertiary/aromatic N) is 1. The Kier molecular flexibility index (Phi) is 6.06. The summed E-state index contributed by atoms with van der Waals surface area (Å²) in [5.74, 6) is 0.740. The predicted octanol–water partition coefficient (Wildman–Crippen LogP) is 1.34. The van der Waals surface area contributed by atoms with Crippen LogP contribution >= 0.6 is 0 Å². The molecule has 0 spiro atoms. The molecule has 0 aromatic heterocycles. The summed E-state index contributed by atoms with van der Waals surface area (Å²) in [4.78, 5) is 14.4. The summed E-state index contributed by atoms with van der Waals surface area (Å²) < 4.78 is 0. The fourth-order valence-corrected chi connectivity index (χ4v) is 3.21. The number of aliphatic hydroxyl groups excluding tert-OH is 1. The van der Waals surface area contributed by atoms with Crippen molar-refractivity contribution in [3.63, 3.8) is 0 Å². The van der Waals surface area contributed by atoms with Gasteiger partial charge in [-0.25, -0.2) is 4.79 Å². The first kappa shape index (κ1) is 16.3. The number of rotatable bonds is 5. The molecule has 1 unspecified atom stereocenters. The van der Waals surface area contributed by atoms with Crippen molar-refractivity contribution in [2.24, 2.45) is 11.8 Å². The van der Waals surface area contributed by atoms with Crippen LogP contribution in [0.4, 0.5) is 4.79 Å². The van der Waals surface area contributed by atoms with Gasteiger partial charge in [0.25, 0.3) is 0 Å². The molecule has 1 fully saturated rings. The Labute approximate surface area is 127 Å². The van der Waals surface area contributed by atoms with E-state index in [0.717, 1.165) is 19.5 Å². The van der Waals surface area contributed by atoms with Crippen LogP contribution in [0, 0.1) is 11.8 Å². The molecule has 1 aliphatic carbocycles. The zero-order valence-corrected chi connectivity index (χ0v) is 13.2. The topological polar surface area (TPSA) is 64.6 Å². The molecular formula is C16H29N3O2. The smallest absolute Gasteiger partial charge is 0.315 e. The van der Waals surface area contributed by atoms with Crippen molar-refractivity contribution in [2.75, 3.05) is 26.2 Å². The molecule has 3 atom stereocenters. The fourth-order valence-electron chi connectivity index (χ4n) is 3.21. The number of hydrogen-bond acceptors (Lipinski definition) is 3. The van der Waals surface area contributed by atoms with E-state index in [1.54, 1.807) is 0 Å². The SMILES string of the molecule is CC(C)N1CCCC(CNC(=O)N[C@@H]2C=C[C@H](CO)C2)C1. The van der Waals surface area contributed by atoms with E-state index in [-0.39, 0.29) is 24.6 Å². The monoisotopic (exact) mass is 295 g/mol. The fraction of sp³-hybridized carbons (Fsp3) is 0.812. The van der Waals surface area contributed by atoms with E-state index < -0.39 is 0 Å². The molecule has 0 aromatic carbocycles. The average molecular weight is 295 g/mol. The molecule has 0 radical (unpaired) electrons. The molecule has 1 saturated heterocycles. The zero-order valence-electron chi connectivity index (χ0n) is 13.2. The van der Waals surface area contributed by atoms with Gasteiger partial charge in [-0.2, -0.15) is 0 Å². The molecule has 0 bridgehead atoms. The Morgan fingerprint density at radius 1 is 1.43 bits per heavy atom. The van der Waals surface area contributed by atoms with E-state index in [1.807, 2.05) is 12.2 Å². The van der Waals surface area contributed by atoms with Gasteiger partial charge in [0, 0.05) is 37.7 Å². The molecule has 2 aliphatic rings. The van der Waals surface area contributed by atoms with E-state index in [9.17, 15) is 4.79 Å². The molecule has 3 N–H and O–H groups in total. The van der Waals surface area contributed by atoms with Gasteiger partial charge in [0.1, 0.15) is 0 Å². The number of amides is 2. The van der Waals surface area contributed by atoms with Crippen LogP contribution in [0.2, 0.25) is 0 Å². The maximum absolute atomic E-state index is 11.9. The second-order valence-corrected chi connectivity index (χ2v) is 6.62. The average Bonchev–Trinajstić information content (AvgIpc) is 2.93. The number of carbonyl (C=O) groups excluding carboxylic acids is 1. The molecule has 5 nitrogen and oxygen atoms in total. The van der Waals surface area contributed by atoms with Crippen LogP contribution in [-0.4, -0.2) is 54.4 Å². The minimum atomic E-state index is -0.0927. The quantitative estimate of drug-likeness (QED) is 0.671. The summed E-state index contributed by atoms with van der Waals surface area (Å²) in [5, 5.41) is 15.0. The van der Waals surface area contributed by atoms with Crippen molar-refractivity contribution < 1.29 is 9.90 Å². The maximum atomic E-state index is 11.9. The summed E-state index contributed by atoms with van der Waals surface area (Å²) in [6, 6.07) is 0.547. The maximum Gasteiger partial charge on any atom is 0.315 e. The standard InChI is InChI=1S/C16H29N3O2/c1-12(2)19-7-3-4-14(10-19)9-17-16(21)18-15-6-5-13(8-15)11-20/h5-6,12-15,20H,3-4,7-11H2,1-2H3,(H2,17,18,21)/t13-,14?,15+/m0/s1. The summed E-state index contributed by atoms with van der Waals surface area (Å²) in [7, 11) is 0. The lowest BCUT2D eigenvalue weighted by Gasteiger charge is -2.35. The highest BCUT2D eigenvalue weighted by Gasteiger charge is 2.23. The summed E-state index contributed by atoms with van der Waals surface area (Å²) in [5.41, 5.74) is 0. The van der Waals surface area contributed by atoms with E-state index in [2.05, 4.69) is 29.4 Å². The van der Waals surface area contributed by atoms with Gasteiger partial charge in [-0.3, -0.25) is 0 Å². The van der Waals surface area contributed by atoms with Crippen LogP contribution in [-0.2, 0) is 0 Å². The number of hydrogen-bond donors (Lipinski definition) is 3. The highest BCUT2D eigenvalue weighted by Crippen LogP contribution is 2.18. The first-order valence-electron chi connectivity index (χ1n) is 8.16. The number of carbonyl (C=O) groups is 1. The molecule has 5 heteroatoms. The Bertz CT molecular complexity index is 371. The third-order valence-electron chi connectivity index (χ3n) is 4.56. The molecule has 1 aliphatic heterocycles. The van der Waals surface area contributed by atoms with Crippen molar-refractivity contribution in [3.8, 4) is 0 Å². The van der Waals surface area contributed by atoms with Crippen molar-refractivity contribution in [3.05, 3.63) is 12.2 Å². The normalized spacial score (nSPS) is 29.8. The number of nitrogens with one attached hydrogen (secondary N) is 2. The minimum Gasteiger partial charge on any atom is -0.396 e. The third-order valence-corrected chi connectivity index (χ3v) is 4.56. The van der Waals surface area contributed by atoms with Crippen molar-refractivity contribution in [1.29, 1.82) is 0 Å².